The summed E-state index contributed by atoms with van der Waals surface area (Å²) in [7, 11) is -4.81. The standard InChI is InChI=1S/C14H23N5O7S/c20-13(16-25-12-3-5-17-6-4-15-7-11(12)17)10-2-1-9-8-18(10)14(21)19(9)26-27(22,23)24/h9-12,15H,1-8H2,(H,16,20)(H,22,23,24)/t9-,10+,11?,12?/m1/s1. The van der Waals surface area contributed by atoms with E-state index >= 15 is 0 Å². The van der Waals surface area contributed by atoms with E-state index in [4.69, 9.17) is 9.39 Å². The number of hydrogen-bond donors (Lipinski definition) is 3. The molecule has 4 aliphatic rings. The number of rotatable bonds is 5. The Morgan fingerprint density at radius 1 is 1.26 bits per heavy atom. The first-order valence-corrected chi connectivity index (χ1v) is 10.4. The molecule has 27 heavy (non-hydrogen) atoms. The molecule has 4 saturated heterocycles. The Hall–Kier alpha value is -1.51. The van der Waals surface area contributed by atoms with Crippen LogP contribution in [0.2, 0.25) is 0 Å². The average molecular weight is 405 g/mol. The second-order valence-corrected chi connectivity index (χ2v) is 8.23. The number of hydroxylamine groups is 3. The molecule has 3 N–H and O–H groups in total. The van der Waals surface area contributed by atoms with Gasteiger partial charge in [-0.3, -0.25) is 19.1 Å². The summed E-state index contributed by atoms with van der Waals surface area (Å²) in [5.41, 5.74) is 2.48. The largest absolute Gasteiger partial charge is 0.418 e. The molecule has 3 amide bonds. The quantitative estimate of drug-likeness (QED) is 0.353. The van der Waals surface area contributed by atoms with Gasteiger partial charge >= 0.3 is 16.4 Å². The number of piperidine rings is 1. The Bertz CT molecular complexity index is 719. The van der Waals surface area contributed by atoms with E-state index in [1.165, 1.54) is 4.90 Å². The van der Waals surface area contributed by atoms with Crippen LogP contribution in [-0.2, 0) is 24.3 Å². The van der Waals surface area contributed by atoms with E-state index in [1.807, 2.05) is 0 Å². The predicted octanol–water partition coefficient (Wildman–Crippen LogP) is -1.92. The van der Waals surface area contributed by atoms with Crippen LogP contribution < -0.4 is 10.8 Å². The number of amides is 3. The van der Waals surface area contributed by atoms with Gasteiger partial charge in [0.15, 0.2) is 0 Å². The third-order valence-electron chi connectivity index (χ3n) is 5.64. The maximum atomic E-state index is 12.6. The van der Waals surface area contributed by atoms with Gasteiger partial charge in [0.1, 0.15) is 12.1 Å². The number of carbonyl (C=O) groups excluding carboxylic acids is 2. The molecule has 4 fully saturated rings. The van der Waals surface area contributed by atoms with Gasteiger partial charge in [-0.2, -0.15) is 13.5 Å². The molecule has 12 nitrogen and oxygen atoms in total. The van der Waals surface area contributed by atoms with E-state index in [0.717, 1.165) is 32.6 Å². The van der Waals surface area contributed by atoms with Crippen molar-refractivity contribution in [1.29, 1.82) is 0 Å². The van der Waals surface area contributed by atoms with Crippen LogP contribution in [0.15, 0.2) is 0 Å². The fourth-order valence-electron chi connectivity index (χ4n) is 4.34. The molecule has 0 saturated carbocycles. The Balaban J connectivity index is 1.34. The first-order chi connectivity index (χ1) is 12.8. The van der Waals surface area contributed by atoms with E-state index < -0.39 is 34.4 Å². The van der Waals surface area contributed by atoms with Crippen molar-refractivity contribution in [2.75, 3.05) is 32.7 Å². The third-order valence-corrected chi connectivity index (χ3v) is 5.99. The van der Waals surface area contributed by atoms with Gasteiger partial charge in [0.2, 0.25) is 0 Å². The molecule has 4 aliphatic heterocycles. The minimum Gasteiger partial charge on any atom is -0.314 e. The molecule has 0 radical (unpaired) electrons. The van der Waals surface area contributed by atoms with Crippen LogP contribution >= 0.6 is 0 Å². The van der Waals surface area contributed by atoms with Gasteiger partial charge < -0.3 is 10.2 Å². The predicted molar refractivity (Wildman–Crippen MR) is 89.2 cm³/mol. The summed E-state index contributed by atoms with van der Waals surface area (Å²) in [6.07, 6.45) is 1.42. The summed E-state index contributed by atoms with van der Waals surface area (Å²) >= 11 is 0. The van der Waals surface area contributed by atoms with Gasteiger partial charge in [-0.05, 0) is 19.3 Å². The molecular weight excluding hydrogens is 382 g/mol. The Kier molecular flexibility index (Phi) is 4.98. The minimum absolute atomic E-state index is 0.119. The van der Waals surface area contributed by atoms with Crippen molar-refractivity contribution in [3.05, 3.63) is 0 Å². The Morgan fingerprint density at radius 3 is 2.85 bits per heavy atom. The van der Waals surface area contributed by atoms with E-state index in [0.29, 0.717) is 17.9 Å². The zero-order valence-electron chi connectivity index (χ0n) is 14.6. The second-order valence-electron chi connectivity index (χ2n) is 7.23. The maximum Gasteiger partial charge on any atom is 0.418 e. The number of fused-ring (bicyclic) bond motifs is 3. The first-order valence-electron chi connectivity index (χ1n) is 9.00. The maximum absolute atomic E-state index is 12.6. The number of carbonyl (C=O) groups is 2. The molecule has 13 heteroatoms. The van der Waals surface area contributed by atoms with Crippen LogP contribution in [0.25, 0.3) is 0 Å². The number of nitrogens with one attached hydrogen (secondary N) is 2. The molecule has 0 spiro atoms. The zero-order chi connectivity index (χ0) is 19.2. The van der Waals surface area contributed by atoms with Crippen molar-refractivity contribution in [2.24, 2.45) is 0 Å². The molecule has 152 valence electrons. The number of piperazine rings is 1. The number of nitrogens with zero attached hydrogens (tertiary/aromatic N) is 3. The summed E-state index contributed by atoms with van der Waals surface area (Å²) in [6, 6.07) is -1.85. The summed E-state index contributed by atoms with van der Waals surface area (Å²) in [5.74, 6) is -0.447. The molecule has 2 bridgehead atoms. The lowest BCUT2D eigenvalue weighted by atomic mass is 10.0. The fraction of sp³-hybridized carbons (Fsp3) is 0.857. The van der Waals surface area contributed by atoms with E-state index in [2.05, 4.69) is 20.0 Å². The minimum atomic E-state index is -4.81. The molecule has 0 aromatic rings. The highest BCUT2D eigenvalue weighted by atomic mass is 32.3. The number of urea groups is 1. The number of hydrogen-bond acceptors (Lipinski definition) is 8. The first kappa shape index (κ1) is 18.8. The van der Waals surface area contributed by atoms with Crippen molar-refractivity contribution in [3.63, 3.8) is 0 Å². The Morgan fingerprint density at radius 2 is 2.07 bits per heavy atom. The van der Waals surface area contributed by atoms with E-state index in [-0.39, 0.29) is 18.7 Å². The summed E-state index contributed by atoms with van der Waals surface area (Å²) in [5, 5.41) is 3.93. The lowest BCUT2D eigenvalue weighted by Crippen LogP contribution is -2.54. The van der Waals surface area contributed by atoms with Crippen LogP contribution in [0.5, 0.6) is 0 Å². The topological polar surface area (TPSA) is 141 Å². The van der Waals surface area contributed by atoms with Crippen molar-refractivity contribution in [1.82, 2.24) is 25.7 Å². The van der Waals surface area contributed by atoms with Crippen LogP contribution in [-0.4, -0.2) is 96.7 Å². The monoisotopic (exact) mass is 405 g/mol. The third kappa shape index (κ3) is 3.75. The molecule has 2 unspecified atom stereocenters. The van der Waals surface area contributed by atoms with Gasteiger partial charge in [-0.25, -0.2) is 10.3 Å². The van der Waals surface area contributed by atoms with Gasteiger partial charge in [0.25, 0.3) is 5.91 Å². The average Bonchev–Trinajstić information content (AvgIpc) is 3.14. The van der Waals surface area contributed by atoms with Gasteiger partial charge in [-0.1, -0.05) is 0 Å². The molecule has 0 aromatic carbocycles. The van der Waals surface area contributed by atoms with Crippen molar-refractivity contribution in [2.45, 2.75) is 43.5 Å². The lowest BCUT2D eigenvalue weighted by molar-refractivity contribution is -0.145. The highest BCUT2D eigenvalue weighted by Gasteiger charge is 2.49. The molecule has 0 aromatic heterocycles. The summed E-state index contributed by atoms with van der Waals surface area (Å²) in [4.78, 5) is 34.1. The van der Waals surface area contributed by atoms with Crippen molar-refractivity contribution < 1.29 is 31.7 Å². The lowest BCUT2D eigenvalue weighted by Gasteiger charge is -2.33. The molecule has 4 heterocycles. The smallest absolute Gasteiger partial charge is 0.314 e. The van der Waals surface area contributed by atoms with Gasteiger partial charge in [0.05, 0.1) is 12.1 Å². The highest BCUT2D eigenvalue weighted by molar-refractivity contribution is 7.80. The highest BCUT2D eigenvalue weighted by Crippen LogP contribution is 2.31. The summed E-state index contributed by atoms with van der Waals surface area (Å²) < 4.78 is 35.0. The van der Waals surface area contributed by atoms with Crippen LogP contribution in [0, 0.1) is 0 Å². The normalized spacial score (nSPS) is 34.0. The Labute approximate surface area is 156 Å². The fourth-order valence-corrected chi connectivity index (χ4v) is 4.73. The SMILES string of the molecule is O=C(NOC1CCN2CCNCC12)[C@@H]1CC[C@@H]2CN1C(=O)N2OS(=O)(=O)O. The molecule has 4 rings (SSSR count). The van der Waals surface area contributed by atoms with Crippen LogP contribution in [0.3, 0.4) is 0 Å². The summed E-state index contributed by atoms with van der Waals surface area (Å²) in [6.45, 7) is 3.77. The van der Waals surface area contributed by atoms with Crippen molar-refractivity contribution in [3.8, 4) is 0 Å². The van der Waals surface area contributed by atoms with E-state index in [1.54, 1.807) is 0 Å². The molecular formula is C14H23N5O7S. The zero-order valence-corrected chi connectivity index (χ0v) is 15.4. The van der Waals surface area contributed by atoms with Gasteiger partial charge in [0, 0.05) is 32.7 Å². The molecule has 0 aliphatic carbocycles. The van der Waals surface area contributed by atoms with Crippen molar-refractivity contribution >= 4 is 22.3 Å². The molecule has 4 atom stereocenters. The van der Waals surface area contributed by atoms with Gasteiger partial charge in [-0.15, -0.1) is 4.28 Å². The van der Waals surface area contributed by atoms with Crippen LogP contribution in [0.1, 0.15) is 19.3 Å². The van der Waals surface area contributed by atoms with E-state index in [9.17, 15) is 18.0 Å². The van der Waals surface area contributed by atoms with Crippen LogP contribution in [0.4, 0.5) is 4.79 Å². The second kappa shape index (κ2) is 7.14.